The van der Waals surface area contributed by atoms with Crippen LogP contribution >= 0.6 is 0 Å². The molecule has 13 heavy (non-hydrogen) atoms. The van der Waals surface area contributed by atoms with Gasteiger partial charge in [-0.2, -0.15) is 0 Å². The fourth-order valence-corrected chi connectivity index (χ4v) is 0.991. The molecule has 1 rings (SSSR count). The quantitative estimate of drug-likeness (QED) is 0.661. The van der Waals surface area contributed by atoms with E-state index in [1.807, 2.05) is 18.5 Å². The molecule has 0 atom stereocenters. The average molecular weight is 178 g/mol. The number of nitrogens with one attached hydrogen (secondary N) is 2. The van der Waals surface area contributed by atoms with Crippen LogP contribution in [0.4, 0.5) is 0 Å². The third-order valence-electron chi connectivity index (χ3n) is 1.73. The van der Waals surface area contributed by atoms with E-state index >= 15 is 0 Å². The molecule has 0 unspecified atom stereocenters. The third-order valence-corrected chi connectivity index (χ3v) is 1.73. The Kier molecular flexibility index (Phi) is 3.82. The highest BCUT2D eigenvalue weighted by Crippen LogP contribution is 1.96. The summed E-state index contributed by atoms with van der Waals surface area (Å²) < 4.78 is 0. The van der Waals surface area contributed by atoms with Crippen LogP contribution in [0.15, 0.2) is 31.1 Å². The molecule has 0 aliphatic heterocycles. The van der Waals surface area contributed by atoms with Crippen molar-refractivity contribution in [3.8, 4) is 0 Å². The first-order chi connectivity index (χ1) is 6.33. The van der Waals surface area contributed by atoms with Gasteiger partial charge in [-0.3, -0.25) is 4.79 Å². The van der Waals surface area contributed by atoms with Crippen LogP contribution in [0, 0.1) is 0 Å². The van der Waals surface area contributed by atoms with Crippen molar-refractivity contribution < 1.29 is 4.79 Å². The number of aromatic nitrogens is 1. The van der Waals surface area contributed by atoms with Crippen molar-refractivity contribution in [2.45, 2.75) is 19.4 Å². The Morgan fingerprint density at radius 3 is 3.15 bits per heavy atom. The van der Waals surface area contributed by atoms with Gasteiger partial charge in [0, 0.05) is 25.4 Å². The molecule has 1 heterocycles. The third kappa shape index (κ3) is 3.60. The van der Waals surface area contributed by atoms with Crippen molar-refractivity contribution in [2.24, 2.45) is 0 Å². The zero-order valence-corrected chi connectivity index (χ0v) is 7.55. The van der Waals surface area contributed by atoms with Gasteiger partial charge in [0.05, 0.1) is 0 Å². The van der Waals surface area contributed by atoms with Gasteiger partial charge in [0.2, 0.25) is 5.91 Å². The molecule has 0 spiro atoms. The number of carbonyl (C=O) groups is 1. The highest BCUT2D eigenvalue weighted by molar-refractivity contribution is 5.75. The first-order valence-corrected chi connectivity index (χ1v) is 4.32. The molecule has 0 aromatic carbocycles. The van der Waals surface area contributed by atoms with E-state index < -0.39 is 0 Å². The molecule has 1 amide bonds. The number of hydrogen-bond acceptors (Lipinski definition) is 1. The molecule has 0 saturated heterocycles. The second-order valence-electron chi connectivity index (χ2n) is 2.82. The summed E-state index contributed by atoms with van der Waals surface area (Å²) in [6.07, 6.45) is 6.71. The molecule has 0 aliphatic rings. The van der Waals surface area contributed by atoms with E-state index in [2.05, 4.69) is 16.9 Å². The molecule has 1 aromatic heterocycles. The van der Waals surface area contributed by atoms with E-state index in [9.17, 15) is 4.79 Å². The molecule has 0 radical (unpaired) electrons. The minimum atomic E-state index is 0.0705. The second kappa shape index (κ2) is 5.19. The highest BCUT2D eigenvalue weighted by atomic mass is 16.1. The Morgan fingerprint density at radius 2 is 2.54 bits per heavy atom. The maximum absolute atomic E-state index is 11.1. The van der Waals surface area contributed by atoms with Gasteiger partial charge >= 0.3 is 0 Å². The van der Waals surface area contributed by atoms with E-state index in [0.29, 0.717) is 13.0 Å². The first-order valence-electron chi connectivity index (χ1n) is 4.32. The van der Waals surface area contributed by atoms with Crippen molar-refractivity contribution in [3.63, 3.8) is 0 Å². The van der Waals surface area contributed by atoms with Crippen molar-refractivity contribution in [2.75, 3.05) is 0 Å². The van der Waals surface area contributed by atoms with Crippen LogP contribution in [0.2, 0.25) is 0 Å². The number of rotatable bonds is 5. The second-order valence-corrected chi connectivity index (χ2v) is 2.82. The lowest BCUT2D eigenvalue weighted by molar-refractivity contribution is -0.121. The zero-order chi connectivity index (χ0) is 9.52. The van der Waals surface area contributed by atoms with E-state index in [1.165, 1.54) is 0 Å². The van der Waals surface area contributed by atoms with Gasteiger partial charge in [0.15, 0.2) is 0 Å². The molecule has 2 N–H and O–H groups in total. The summed E-state index contributed by atoms with van der Waals surface area (Å²) in [5.41, 5.74) is 1.09. The average Bonchev–Trinajstić information content (AvgIpc) is 2.64. The Morgan fingerprint density at radius 1 is 1.69 bits per heavy atom. The van der Waals surface area contributed by atoms with Gasteiger partial charge in [0.1, 0.15) is 0 Å². The molecule has 70 valence electrons. The summed E-state index contributed by atoms with van der Waals surface area (Å²) in [4.78, 5) is 14.1. The smallest absolute Gasteiger partial charge is 0.220 e. The summed E-state index contributed by atoms with van der Waals surface area (Å²) in [6, 6.07) is 1.94. The number of carbonyl (C=O) groups excluding carboxylic acids is 1. The van der Waals surface area contributed by atoms with Crippen LogP contribution in [0.5, 0.6) is 0 Å². The Bertz CT molecular complexity index is 264. The summed E-state index contributed by atoms with van der Waals surface area (Å²) in [7, 11) is 0. The topological polar surface area (TPSA) is 44.9 Å². The molecular formula is C10H14N2O. The van der Waals surface area contributed by atoms with Crippen molar-refractivity contribution in [1.29, 1.82) is 0 Å². The van der Waals surface area contributed by atoms with Crippen LogP contribution in [-0.4, -0.2) is 10.9 Å². The minimum absolute atomic E-state index is 0.0705. The lowest BCUT2D eigenvalue weighted by atomic mass is 10.3. The largest absolute Gasteiger partial charge is 0.367 e. The molecule has 0 fully saturated rings. The number of amides is 1. The number of hydrogen-bond donors (Lipinski definition) is 2. The van der Waals surface area contributed by atoms with Crippen molar-refractivity contribution in [1.82, 2.24) is 10.3 Å². The maximum atomic E-state index is 11.1. The SMILES string of the molecule is C=CCCC(=O)NCc1cc[nH]c1. The van der Waals surface area contributed by atoms with Crippen LogP contribution in [0.3, 0.4) is 0 Å². The predicted molar refractivity (Wildman–Crippen MR) is 52.1 cm³/mol. The van der Waals surface area contributed by atoms with E-state index in [1.54, 1.807) is 6.08 Å². The van der Waals surface area contributed by atoms with Crippen molar-refractivity contribution >= 4 is 5.91 Å². The van der Waals surface area contributed by atoms with Gasteiger partial charge in [0.25, 0.3) is 0 Å². The van der Waals surface area contributed by atoms with Crippen LogP contribution in [0.1, 0.15) is 18.4 Å². The normalized spacial score (nSPS) is 9.54. The molecule has 0 saturated carbocycles. The standard InChI is InChI=1S/C10H14N2O/c1-2-3-4-10(13)12-8-9-5-6-11-7-9/h2,5-7,11H,1,3-4,8H2,(H,12,13). The summed E-state index contributed by atoms with van der Waals surface area (Å²) in [6.45, 7) is 4.15. The summed E-state index contributed by atoms with van der Waals surface area (Å²) >= 11 is 0. The van der Waals surface area contributed by atoms with Crippen LogP contribution < -0.4 is 5.32 Å². The zero-order valence-electron chi connectivity index (χ0n) is 7.55. The van der Waals surface area contributed by atoms with Gasteiger partial charge in [-0.15, -0.1) is 6.58 Å². The number of aromatic amines is 1. The van der Waals surface area contributed by atoms with E-state index in [0.717, 1.165) is 12.0 Å². The van der Waals surface area contributed by atoms with Crippen LogP contribution in [-0.2, 0) is 11.3 Å². The number of allylic oxidation sites excluding steroid dienone is 1. The molecule has 0 aliphatic carbocycles. The van der Waals surface area contributed by atoms with Crippen LogP contribution in [0.25, 0.3) is 0 Å². The summed E-state index contributed by atoms with van der Waals surface area (Å²) in [5, 5.41) is 2.81. The van der Waals surface area contributed by atoms with E-state index in [-0.39, 0.29) is 5.91 Å². The summed E-state index contributed by atoms with van der Waals surface area (Å²) in [5.74, 6) is 0.0705. The fraction of sp³-hybridized carbons (Fsp3) is 0.300. The van der Waals surface area contributed by atoms with Crippen molar-refractivity contribution in [3.05, 3.63) is 36.7 Å². The molecule has 1 aromatic rings. The van der Waals surface area contributed by atoms with Gasteiger partial charge in [-0.25, -0.2) is 0 Å². The predicted octanol–water partition coefficient (Wildman–Crippen LogP) is 1.60. The van der Waals surface area contributed by atoms with Gasteiger partial charge < -0.3 is 10.3 Å². The van der Waals surface area contributed by atoms with E-state index in [4.69, 9.17) is 0 Å². The molecule has 3 heteroatoms. The number of H-pyrrole nitrogens is 1. The van der Waals surface area contributed by atoms with Gasteiger partial charge in [-0.1, -0.05) is 6.08 Å². The first kappa shape index (κ1) is 9.58. The Hall–Kier alpha value is -1.51. The lowest BCUT2D eigenvalue weighted by Crippen LogP contribution is -2.21. The van der Waals surface area contributed by atoms with Gasteiger partial charge in [-0.05, 0) is 18.1 Å². The molecule has 0 bridgehead atoms. The monoisotopic (exact) mass is 178 g/mol. The Balaban J connectivity index is 2.19. The maximum Gasteiger partial charge on any atom is 0.220 e. The fourth-order valence-electron chi connectivity index (χ4n) is 0.991. The highest BCUT2D eigenvalue weighted by Gasteiger charge is 1.98. The molecular weight excluding hydrogens is 164 g/mol. The lowest BCUT2D eigenvalue weighted by Gasteiger charge is -2.01. The Labute approximate surface area is 77.9 Å². The minimum Gasteiger partial charge on any atom is -0.367 e. The molecule has 3 nitrogen and oxygen atoms in total.